The maximum Gasteiger partial charge on any atom is 0.0642 e. The molecule has 0 aromatic heterocycles. The highest BCUT2D eigenvalue weighted by molar-refractivity contribution is 6.33. The van der Waals surface area contributed by atoms with E-state index in [1.54, 1.807) is 0 Å². The maximum atomic E-state index is 6.48. The van der Waals surface area contributed by atoms with Gasteiger partial charge in [0.25, 0.3) is 0 Å². The Balaban J connectivity index is 2.67. The Kier molecular flexibility index (Phi) is 8.09. The van der Waals surface area contributed by atoms with Crippen molar-refractivity contribution in [1.82, 2.24) is 10.2 Å². The van der Waals surface area contributed by atoms with Crippen LogP contribution in [0.2, 0.25) is 5.02 Å². The maximum absolute atomic E-state index is 6.48. The molecule has 0 saturated carbocycles. The summed E-state index contributed by atoms with van der Waals surface area (Å²) < 4.78 is 0. The molecule has 0 atom stereocenters. The fourth-order valence-electron chi connectivity index (χ4n) is 2.27. The van der Waals surface area contributed by atoms with Crippen molar-refractivity contribution >= 4 is 17.3 Å². The summed E-state index contributed by atoms with van der Waals surface area (Å²) in [6.45, 7) is 10.5. The molecule has 3 nitrogen and oxygen atoms in total. The van der Waals surface area contributed by atoms with Crippen LogP contribution < -0.4 is 10.2 Å². The zero-order valence-corrected chi connectivity index (χ0v) is 14.9. The molecule has 0 bridgehead atoms. The molecule has 1 N–H and O–H groups in total. The van der Waals surface area contributed by atoms with Crippen molar-refractivity contribution in [2.45, 2.75) is 39.8 Å². The molecule has 0 aliphatic heterocycles. The van der Waals surface area contributed by atoms with Gasteiger partial charge in [-0.15, -0.1) is 0 Å². The first kappa shape index (κ1) is 18.3. The molecule has 0 unspecified atom stereocenters. The molecule has 0 heterocycles. The van der Waals surface area contributed by atoms with E-state index in [9.17, 15) is 0 Å². The topological polar surface area (TPSA) is 18.5 Å². The molecule has 0 radical (unpaired) electrons. The average Bonchev–Trinajstić information content (AvgIpc) is 2.42. The first-order valence-corrected chi connectivity index (χ1v) is 8.23. The summed E-state index contributed by atoms with van der Waals surface area (Å²) in [4.78, 5) is 4.57. The van der Waals surface area contributed by atoms with Crippen LogP contribution in [-0.2, 0) is 6.54 Å². The second-order valence-electron chi connectivity index (χ2n) is 6.06. The van der Waals surface area contributed by atoms with E-state index in [4.69, 9.17) is 11.6 Å². The number of anilines is 1. The average molecular weight is 312 g/mol. The van der Waals surface area contributed by atoms with Crippen LogP contribution in [0.1, 0.15) is 32.8 Å². The van der Waals surface area contributed by atoms with Gasteiger partial charge in [-0.3, -0.25) is 0 Å². The molecule has 1 rings (SSSR count). The van der Waals surface area contributed by atoms with Crippen LogP contribution in [0.3, 0.4) is 0 Å². The van der Waals surface area contributed by atoms with Gasteiger partial charge in [-0.05, 0) is 51.7 Å². The Hall–Kier alpha value is -0.770. The monoisotopic (exact) mass is 311 g/mol. The molecule has 1 aromatic carbocycles. The third-order valence-corrected chi connectivity index (χ3v) is 3.79. The zero-order chi connectivity index (χ0) is 15.8. The van der Waals surface area contributed by atoms with Crippen LogP contribution >= 0.6 is 11.6 Å². The second-order valence-corrected chi connectivity index (χ2v) is 6.47. The van der Waals surface area contributed by atoms with E-state index in [1.165, 1.54) is 5.56 Å². The van der Waals surface area contributed by atoms with Crippen molar-refractivity contribution in [3.63, 3.8) is 0 Å². The molecule has 0 aliphatic rings. The van der Waals surface area contributed by atoms with E-state index >= 15 is 0 Å². The van der Waals surface area contributed by atoms with Gasteiger partial charge in [-0.25, -0.2) is 0 Å². The Morgan fingerprint density at radius 1 is 1.19 bits per heavy atom. The molecular weight excluding hydrogens is 282 g/mol. The Morgan fingerprint density at radius 3 is 2.43 bits per heavy atom. The zero-order valence-electron chi connectivity index (χ0n) is 14.1. The summed E-state index contributed by atoms with van der Waals surface area (Å²) in [5.74, 6) is 0. The van der Waals surface area contributed by atoms with Crippen molar-refractivity contribution in [2.75, 3.05) is 38.6 Å². The minimum Gasteiger partial charge on any atom is -0.371 e. The standard InChI is InChI=1S/C17H30ClN3/c1-6-21(11-7-10-20(4)5)17-9-8-15(12-16(17)18)13-19-14(2)3/h8-9,12,14,19H,6-7,10-11,13H2,1-5H3. The predicted octanol–water partition coefficient (Wildman–Crippen LogP) is 3.62. The van der Waals surface area contributed by atoms with Crippen molar-refractivity contribution < 1.29 is 0 Å². The van der Waals surface area contributed by atoms with E-state index in [0.29, 0.717) is 6.04 Å². The highest BCUT2D eigenvalue weighted by atomic mass is 35.5. The lowest BCUT2D eigenvalue weighted by Gasteiger charge is -2.25. The van der Waals surface area contributed by atoms with Gasteiger partial charge in [0.15, 0.2) is 0 Å². The highest BCUT2D eigenvalue weighted by Crippen LogP contribution is 2.27. The number of rotatable bonds is 9. The lowest BCUT2D eigenvalue weighted by atomic mass is 10.1. The summed E-state index contributed by atoms with van der Waals surface area (Å²) in [5, 5.41) is 4.27. The lowest BCUT2D eigenvalue weighted by molar-refractivity contribution is 0.400. The van der Waals surface area contributed by atoms with Crippen molar-refractivity contribution in [3.8, 4) is 0 Å². The Bertz CT molecular complexity index is 418. The normalized spacial score (nSPS) is 11.4. The van der Waals surface area contributed by atoms with E-state index < -0.39 is 0 Å². The highest BCUT2D eigenvalue weighted by Gasteiger charge is 2.09. The summed E-state index contributed by atoms with van der Waals surface area (Å²) in [5.41, 5.74) is 2.38. The van der Waals surface area contributed by atoms with E-state index in [2.05, 4.69) is 68.2 Å². The number of hydrogen-bond acceptors (Lipinski definition) is 3. The second kappa shape index (κ2) is 9.29. The van der Waals surface area contributed by atoms with Gasteiger partial charge in [-0.2, -0.15) is 0 Å². The van der Waals surface area contributed by atoms with Crippen molar-refractivity contribution in [1.29, 1.82) is 0 Å². The minimum atomic E-state index is 0.488. The summed E-state index contributed by atoms with van der Waals surface area (Å²) in [7, 11) is 4.22. The molecule has 0 spiro atoms. The van der Waals surface area contributed by atoms with Crippen molar-refractivity contribution in [2.24, 2.45) is 0 Å². The Labute approximate surface area is 135 Å². The predicted molar refractivity (Wildman–Crippen MR) is 94.5 cm³/mol. The van der Waals surface area contributed by atoms with Crippen molar-refractivity contribution in [3.05, 3.63) is 28.8 Å². The van der Waals surface area contributed by atoms with Crippen LogP contribution in [0.4, 0.5) is 5.69 Å². The molecular formula is C17H30ClN3. The third-order valence-electron chi connectivity index (χ3n) is 3.48. The number of halogens is 1. The largest absolute Gasteiger partial charge is 0.371 e. The fourth-order valence-corrected chi connectivity index (χ4v) is 2.59. The van der Waals surface area contributed by atoms with Crippen LogP contribution in [0.15, 0.2) is 18.2 Å². The minimum absolute atomic E-state index is 0.488. The van der Waals surface area contributed by atoms with Gasteiger partial charge < -0.3 is 15.1 Å². The molecule has 21 heavy (non-hydrogen) atoms. The van der Waals surface area contributed by atoms with Gasteiger partial charge in [-0.1, -0.05) is 31.5 Å². The smallest absolute Gasteiger partial charge is 0.0642 e. The number of benzene rings is 1. The molecule has 1 aromatic rings. The van der Waals surface area contributed by atoms with Crippen LogP contribution in [-0.4, -0.2) is 44.7 Å². The third kappa shape index (κ3) is 6.68. The number of hydrogen-bond donors (Lipinski definition) is 1. The van der Waals surface area contributed by atoms with E-state index in [0.717, 1.165) is 43.3 Å². The first-order valence-electron chi connectivity index (χ1n) is 7.85. The SMILES string of the molecule is CCN(CCCN(C)C)c1ccc(CNC(C)C)cc1Cl. The van der Waals surface area contributed by atoms with Gasteiger partial charge in [0.2, 0.25) is 0 Å². The fraction of sp³-hybridized carbons (Fsp3) is 0.647. The Morgan fingerprint density at radius 2 is 1.90 bits per heavy atom. The van der Waals surface area contributed by atoms with Crippen LogP contribution in [0.5, 0.6) is 0 Å². The van der Waals surface area contributed by atoms with E-state index in [-0.39, 0.29) is 0 Å². The van der Waals surface area contributed by atoms with E-state index in [1.807, 2.05) is 0 Å². The van der Waals surface area contributed by atoms with Crippen LogP contribution in [0, 0.1) is 0 Å². The summed E-state index contributed by atoms with van der Waals surface area (Å²) in [6, 6.07) is 6.90. The summed E-state index contributed by atoms with van der Waals surface area (Å²) in [6.07, 6.45) is 1.15. The quantitative estimate of drug-likeness (QED) is 0.751. The number of nitrogens with zero attached hydrogens (tertiary/aromatic N) is 2. The number of nitrogens with one attached hydrogen (secondary N) is 1. The van der Waals surface area contributed by atoms with Gasteiger partial charge in [0.05, 0.1) is 10.7 Å². The van der Waals surface area contributed by atoms with Gasteiger partial charge in [0.1, 0.15) is 0 Å². The first-order chi connectivity index (χ1) is 9.93. The molecule has 120 valence electrons. The molecule has 0 fully saturated rings. The lowest BCUT2D eigenvalue weighted by Crippen LogP contribution is -2.27. The van der Waals surface area contributed by atoms with Gasteiger partial charge in [0, 0.05) is 25.7 Å². The molecule has 0 aliphatic carbocycles. The molecule has 4 heteroatoms. The molecule has 0 saturated heterocycles. The summed E-state index contributed by atoms with van der Waals surface area (Å²) >= 11 is 6.48. The van der Waals surface area contributed by atoms with Gasteiger partial charge >= 0.3 is 0 Å². The van der Waals surface area contributed by atoms with Crippen LogP contribution in [0.25, 0.3) is 0 Å². The molecule has 0 amide bonds.